The molecule has 1 fully saturated rings. The maximum absolute atomic E-state index is 12.2. The van der Waals surface area contributed by atoms with Gasteiger partial charge in [0.05, 0.1) is 17.0 Å². The molecule has 0 radical (unpaired) electrons. The predicted octanol–water partition coefficient (Wildman–Crippen LogP) is 2.46. The van der Waals surface area contributed by atoms with Crippen LogP contribution in [0.25, 0.3) is 11.0 Å². The molecule has 0 bridgehead atoms. The van der Waals surface area contributed by atoms with Gasteiger partial charge in [0, 0.05) is 32.2 Å². The number of benzene rings is 1. The average Bonchev–Trinajstić information content (AvgIpc) is 2.73. The zero-order valence-corrected chi connectivity index (χ0v) is 17.8. The number of nitrogens with one attached hydrogen (secondary N) is 1. The first kappa shape index (κ1) is 20.6. The number of rotatable bonds is 3. The van der Waals surface area contributed by atoms with Crippen molar-refractivity contribution in [1.29, 1.82) is 0 Å². The Morgan fingerprint density at radius 1 is 1.13 bits per heavy atom. The quantitative estimate of drug-likeness (QED) is 0.505. The lowest BCUT2D eigenvalue weighted by Crippen LogP contribution is -2.50. The molecule has 10 nitrogen and oxygen atoms in total. The Morgan fingerprint density at radius 2 is 1.87 bits per heavy atom. The summed E-state index contributed by atoms with van der Waals surface area (Å²) in [5, 5.41) is 19.0. The summed E-state index contributed by atoms with van der Waals surface area (Å²) >= 11 is 0. The maximum atomic E-state index is 12.2. The fourth-order valence-electron chi connectivity index (χ4n) is 3.27. The molecule has 162 valence electrons. The van der Waals surface area contributed by atoms with E-state index in [2.05, 4.69) is 25.3 Å². The van der Waals surface area contributed by atoms with Crippen molar-refractivity contribution in [2.45, 2.75) is 26.4 Å². The van der Waals surface area contributed by atoms with Crippen LogP contribution >= 0.6 is 0 Å². The number of hydrogen-bond acceptors (Lipinski definition) is 8. The van der Waals surface area contributed by atoms with E-state index < -0.39 is 5.60 Å². The molecule has 1 saturated heterocycles. The zero-order chi connectivity index (χ0) is 22.0. The van der Waals surface area contributed by atoms with Crippen molar-refractivity contribution >= 4 is 34.6 Å². The number of amides is 1. The summed E-state index contributed by atoms with van der Waals surface area (Å²) < 4.78 is 5.43. The number of aromatic nitrogens is 4. The van der Waals surface area contributed by atoms with Gasteiger partial charge in [-0.1, -0.05) is 12.1 Å². The van der Waals surface area contributed by atoms with Gasteiger partial charge >= 0.3 is 6.09 Å². The molecule has 2 aromatic heterocycles. The lowest BCUT2D eigenvalue weighted by molar-refractivity contribution is -0.641. The van der Waals surface area contributed by atoms with Crippen molar-refractivity contribution in [2.24, 2.45) is 0 Å². The van der Waals surface area contributed by atoms with Crippen molar-refractivity contribution in [3.8, 4) is 0 Å². The van der Waals surface area contributed by atoms with Gasteiger partial charge in [-0.3, -0.25) is 0 Å². The number of carbonyl (C=O) groups is 1. The molecule has 0 aliphatic carbocycles. The summed E-state index contributed by atoms with van der Waals surface area (Å²) in [6.07, 6.45) is 1.38. The van der Waals surface area contributed by atoms with Gasteiger partial charge in [0.2, 0.25) is 0 Å². The zero-order valence-electron chi connectivity index (χ0n) is 17.8. The van der Waals surface area contributed by atoms with Crippen LogP contribution in [-0.2, 0) is 4.74 Å². The molecule has 0 spiro atoms. The Labute approximate surface area is 180 Å². The minimum absolute atomic E-state index is 0.203. The highest BCUT2D eigenvalue weighted by Gasteiger charge is 2.26. The van der Waals surface area contributed by atoms with E-state index in [1.54, 1.807) is 29.3 Å². The molecule has 3 aromatic rings. The number of pyridine rings is 1. The average molecular weight is 423 g/mol. The molecule has 31 heavy (non-hydrogen) atoms. The van der Waals surface area contributed by atoms with Crippen molar-refractivity contribution < 1.29 is 14.4 Å². The van der Waals surface area contributed by atoms with Gasteiger partial charge in [-0.15, -0.1) is 0 Å². The van der Waals surface area contributed by atoms with Gasteiger partial charge in [0.15, 0.2) is 0 Å². The number of para-hydroxylation sites is 2. The molecule has 0 unspecified atom stereocenters. The highest BCUT2D eigenvalue weighted by atomic mass is 16.6. The largest absolute Gasteiger partial charge is 0.594 e. The number of nitrogens with zero attached hydrogens (tertiary/aromatic N) is 6. The molecule has 10 heteroatoms. The number of fused-ring (bicyclic) bond motifs is 1. The Hall–Kier alpha value is -3.69. The predicted molar refractivity (Wildman–Crippen MR) is 116 cm³/mol. The first-order chi connectivity index (χ1) is 14.8. The molecule has 0 atom stereocenters. The summed E-state index contributed by atoms with van der Waals surface area (Å²) in [5.74, 6) is 1.02. The fourth-order valence-corrected chi connectivity index (χ4v) is 3.27. The van der Waals surface area contributed by atoms with E-state index in [4.69, 9.17) is 4.74 Å². The van der Waals surface area contributed by atoms with Gasteiger partial charge < -0.3 is 25.1 Å². The van der Waals surface area contributed by atoms with Crippen LogP contribution in [0.2, 0.25) is 0 Å². The minimum Gasteiger partial charge on any atom is -0.594 e. The van der Waals surface area contributed by atoms with Crippen LogP contribution in [0, 0.1) is 5.21 Å². The van der Waals surface area contributed by atoms with E-state index in [1.165, 1.54) is 0 Å². The van der Waals surface area contributed by atoms with Gasteiger partial charge in [0.25, 0.3) is 11.5 Å². The third-order valence-electron chi connectivity index (χ3n) is 4.76. The third kappa shape index (κ3) is 4.90. The topological polar surface area (TPSA) is 110 Å². The second kappa shape index (κ2) is 8.21. The van der Waals surface area contributed by atoms with Crippen molar-refractivity contribution in [1.82, 2.24) is 20.0 Å². The first-order valence-corrected chi connectivity index (χ1v) is 10.1. The molecule has 1 aromatic carbocycles. The van der Waals surface area contributed by atoms with Crippen molar-refractivity contribution in [2.75, 3.05) is 36.4 Å². The second-order valence-corrected chi connectivity index (χ2v) is 8.28. The van der Waals surface area contributed by atoms with E-state index >= 15 is 0 Å². The minimum atomic E-state index is -0.501. The van der Waals surface area contributed by atoms with E-state index in [9.17, 15) is 10.0 Å². The van der Waals surface area contributed by atoms with Gasteiger partial charge in [-0.05, 0) is 43.8 Å². The van der Waals surface area contributed by atoms with Crippen LogP contribution < -0.4 is 15.1 Å². The van der Waals surface area contributed by atoms with Crippen LogP contribution in [0.3, 0.4) is 0 Å². The highest BCUT2D eigenvalue weighted by molar-refractivity contribution is 5.72. The summed E-state index contributed by atoms with van der Waals surface area (Å²) in [7, 11) is 0. The molecular formula is C21H25N7O3. The second-order valence-electron chi connectivity index (χ2n) is 8.28. The van der Waals surface area contributed by atoms with Crippen LogP contribution in [0.5, 0.6) is 0 Å². The van der Waals surface area contributed by atoms with Gasteiger partial charge in [-0.2, -0.15) is 0 Å². The number of piperazine rings is 1. The Bertz CT molecular complexity index is 1070. The Balaban J connectivity index is 1.38. The summed E-state index contributed by atoms with van der Waals surface area (Å²) in [6.45, 7) is 8.07. The van der Waals surface area contributed by atoms with Crippen molar-refractivity contribution in [3.05, 3.63) is 47.8 Å². The molecule has 1 aliphatic rings. The summed E-state index contributed by atoms with van der Waals surface area (Å²) in [5.41, 5.74) is 1.14. The molecule has 4 rings (SSSR count). The lowest BCUT2D eigenvalue weighted by Gasteiger charge is -2.36. The lowest BCUT2D eigenvalue weighted by atomic mass is 10.2. The Kier molecular flexibility index (Phi) is 5.45. The van der Waals surface area contributed by atoms with Crippen LogP contribution in [0.15, 0.2) is 42.6 Å². The summed E-state index contributed by atoms with van der Waals surface area (Å²) in [4.78, 5) is 25.5. The summed E-state index contributed by atoms with van der Waals surface area (Å²) in [6, 6.07) is 10.8. The van der Waals surface area contributed by atoms with Gasteiger partial charge in [0.1, 0.15) is 16.9 Å². The van der Waals surface area contributed by atoms with Crippen molar-refractivity contribution in [3.63, 3.8) is 0 Å². The fraction of sp³-hybridized carbons (Fsp3) is 0.381. The van der Waals surface area contributed by atoms with E-state index in [0.717, 1.165) is 5.82 Å². The molecule has 3 heterocycles. The molecule has 1 amide bonds. The molecule has 1 aliphatic heterocycles. The van der Waals surface area contributed by atoms with Crippen LogP contribution in [0.4, 0.5) is 22.2 Å². The van der Waals surface area contributed by atoms with E-state index in [1.807, 2.05) is 39.0 Å². The normalized spacial score (nSPS) is 14.5. The van der Waals surface area contributed by atoms with E-state index in [0.29, 0.717) is 47.7 Å². The SMILES string of the molecule is CC(C)(C)OC(=O)N1CCN(c2ccc(Nc3nc4ccccc4[n+]([O-])n3)cn2)CC1. The number of anilines is 3. The van der Waals surface area contributed by atoms with Gasteiger partial charge in [-0.25, -0.2) is 14.8 Å². The molecular weight excluding hydrogens is 398 g/mol. The number of hydrogen-bond donors (Lipinski definition) is 1. The van der Waals surface area contributed by atoms with Crippen LogP contribution in [-0.4, -0.2) is 57.8 Å². The number of ether oxygens (including phenoxy) is 1. The number of carbonyl (C=O) groups excluding carboxylic acids is 1. The standard InChI is InChI=1S/C21H25N7O3/c1-21(2,3)31-20(29)27-12-10-26(11-13-27)18-9-8-15(14-22-18)23-19-24-16-6-4-5-7-17(16)28(30)25-19/h4-9,14H,10-13H2,1-3H3,(H,23,24,25). The first-order valence-electron chi connectivity index (χ1n) is 10.1. The molecule has 0 saturated carbocycles. The monoisotopic (exact) mass is 423 g/mol. The highest BCUT2D eigenvalue weighted by Crippen LogP contribution is 2.19. The maximum Gasteiger partial charge on any atom is 0.410 e. The molecule has 1 N–H and O–H groups in total. The van der Waals surface area contributed by atoms with E-state index in [-0.39, 0.29) is 12.0 Å². The van der Waals surface area contributed by atoms with Crippen LogP contribution in [0.1, 0.15) is 20.8 Å². The third-order valence-corrected chi connectivity index (χ3v) is 4.76. The Morgan fingerprint density at radius 3 is 2.55 bits per heavy atom. The smallest absolute Gasteiger partial charge is 0.410 e.